The van der Waals surface area contributed by atoms with Gasteiger partial charge in [0.1, 0.15) is 0 Å². The smallest absolute Gasteiger partial charge is 0.0457 e. The van der Waals surface area contributed by atoms with Gasteiger partial charge in [0.15, 0.2) is 0 Å². The van der Waals surface area contributed by atoms with E-state index in [-0.39, 0.29) is 12.4 Å². The maximum Gasteiger partial charge on any atom is 0.0457 e. The fraction of sp³-hybridized carbons (Fsp3) is 0.333. The quantitative estimate of drug-likeness (QED) is 0.809. The molecule has 0 radical (unpaired) electrons. The Balaban J connectivity index is 0.00000180. The molecule has 0 aliphatic heterocycles. The zero-order valence-corrected chi connectivity index (χ0v) is 13.5. The summed E-state index contributed by atoms with van der Waals surface area (Å²) in [4.78, 5) is 1.39. The lowest BCUT2D eigenvalue weighted by Gasteiger charge is -2.20. The molecule has 1 nitrogen and oxygen atoms in total. The second kappa shape index (κ2) is 7.91. The molecule has 1 heterocycles. The standard InChI is InChI=1S/C15H18ClNS.ClH/c1-11(2)17-14(15-4-3-9-18-15)10-12-5-7-13(16)8-6-12;/h3-9,11,14,17H,10H2,1-2H3;1H. The Kier molecular flexibility index (Phi) is 6.87. The van der Waals surface area contributed by atoms with Crippen LogP contribution in [0, 0.1) is 0 Å². The van der Waals surface area contributed by atoms with Crippen LogP contribution < -0.4 is 5.32 Å². The molecule has 0 saturated heterocycles. The van der Waals surface area contributed by atoms with Crippen LogP contribution >= 0.6 is 35.3 Å². The third-order valence-electron chi connectivity index (χ3n) is 2.77. The molecule has 0 amide bonds. The molecule has 2 rings (SSSR count). The fourth-order valence-electron chi connectivity index (χ4n) is 1.99. The van der Waals surface area contributed by atoms with Gasteiger partial charge in [0.2, 0.25) is 0 Å². The first-order chi connectivity index (χ1) is 8.65. The molecule has 1 aromatic carbocycles. The summed E-state index contributed by atoms with van der Waals surface area (Å²) >= 11 is 7.73. The zero-order chi connectivity index (χ0) is 13.0. The van der Waals surface area contributed by atoms with E-state index < -0.39 is 0 Å². The van der Waals surface area contributed by atoms with E-state index in [1.165, 1.54) is 10.4 Å². The maximum atomic E-state index is 5.92. The van der Waals surface area contributed by atoms with E-state index in [1.54, 1.807) is 11.3 Å². The van der Waals surface area contributed by atoms with E-state index in [4.69, 9.17) is 11.6 Å². The highest BCUT2D eigenvalue weighted by atomic mass is 35.5. The van der Waals surface area contributed by atoms with E-state index in [1.807, 2.05) is 12.1 Å². The number of rotatable bonds is 5. The van der Waals surface area contributed by atoms with Gasteiger partial charge in [0.25, 0.3) is 0 Å². The fourth-order valence-corrected chi connectivity index (χ4v) is 2.90. The highest BCUT2D eigenvalue weighted by Crippen LogP contribution is 2.24. The molecule has 0 fully saturated rings. The van der Waals surface area contributed by atoms with Crippen LogP contribution in [0.4, 0.5) is 0 Å². The minimum absolute atomic E-state index is 0. The molecule has 2 aromatic rings. The number of halogens is 2. The zero-order valence-electron chi connectivity index (χ0n) is 11.1. The molecule has 19 heavy (non-hydrogen) atoms. The van der Waals surface area contributed by atoms with Gasteiger partial charge in [0, 0.05) is 22.0 Å². The van der Waals surface area contributed by atoms with Crippen LogP contribution in [0.25, 0.3) is 0 Å². The van der Waals surface area contributed by atoms with Crippen LogP contribution in [-0.2, 0) is 6.42 Å². The van der Waals surface area contributed by atoms with Crippen molar-refractivity contribution in [3.63, 3.8) is 0 Å². The van der Waals surface area contributed by atoms with Gasteiger partial charge >= 0.3 is 0 Å². The molecular formula is C15H19Cl2NS. The summed E-state index contributed by atoms with van der Waals surface area (Å²) in [5.41, 5.74) is 1.31. The second-order valence-electron chi connectivity index (χ2n) is 4.72. The Morgan fingerprint density at radius 2 is 1.84 bits per heavy atom. The third-order valence-corrected chi connectivity index (χ3v) is 4.01. The van der Waals surface area contributed by atoms with Gasteiger partial charge in [-0.2, -0.15) is 0 Å². The summed E-state index contributed by atoms with van der Waals surface area (Å²) in [6, 6.07) is 13.3. The lowest BCUT2D eigenvalue weighted by atomic mass is 10.0. The molecule has 0 saturated carbocycles. The van der Waals surface area contributed by atoms with Crippen LogP contribution in [-0.4, -0.2) is 6.04 Å². The van der Waals surface area contributed by atoms with Crippen molar-refractivity contribution in [1.29, 1.82) is 0 Å². The second-order valence-corrected chi connectivity index (χ2v) is 6.14. The van der Waals surface area contributed by atoms with Crippen LogP contribution in [0.3, 0.4) is 0 Å². The first-order valence-electron chi connectivity index (χ1n) is 6.19. The van der Waals surface area contributed by atoms with Crippen molar-refractivity contribution in [2.45, 2.75) is 32.4 Å². The van der Waals surface area contributed by atoms with E-state index in [9.17, 15) is 0 Å². The van der Waals surface area contributed by atoms with Crippen molar-refractivity contribution in [2.75, 3.05) is 0 Å². The Morgan fingerprint density at radius 3 is 2.37 bits per heavy atom. The minimum Gasteiger partial charge on any atom is -0.307 e. The molecule has 0 bridgehead atoms. The number of hydrogen-bond acceptors (Lipinski definition) is 2. The predicted octanol–water partition coefficient (Wildman–Crippen LogP) is 5.11. The highest BCUT2D eigenvalue weighted by molar-refractivity contribution is 7.10. The number of thiophene rings is 1. The van der Waals surface area contributed by atoms with Gasteiger partial charge in [0.05, 0.1) is 0 Å². The van der Waals surface area contributed by atoms with Crippen LogP contribution in [0.5, 0.6) is 0 Å². The molecule has 1 aromatic heterocycles. The van der Waals surface area contributed by atoms with Gasteiger partial charge in [-0.25, -0.2) is 0 Å². The summed E-state index contributed by atoms with van der Waals surface area (Å²) in [5.74, 6) is 0. The van der Waals surface area contributed by atoms with Gasteiger partial charge in [-0.1, -0.05) is 43.6 Å². The van der Waals surface area contributed by atoms with Crippen molar-refractivity contribution in [1.82, 2.24) is 5.32 Å². The summed E-state index contributed by atoms with van der Waals surface area (Å²) in [6.07, 6.45) is 0.996. The Labute approximate surface area is 130 Å². The summed E-state index contributed by atoms with van der Waals surface area (Å²) in [5, 5.41) is 6.55. The topological polar surface area (TPSA) is 12.0 Å². The average Bonchev–Trinajstić information content (AvgIpc) is 2.84. The van der Waals surface area contributed by atoms with Gasteiger partial charge < -0.3 is 5.32 Å². The monoisotopic (exact) mass is 315 g/mol. The first-order valence-corrected chi connectivity index (χ1v) is 7.45. The molecular weight excluding hydrogens is 297 g/mol. The van der Waals surface area contributed by atoms with E-state index >= 15 is 0 Å². The van der Waals surface area contributed by atoms with Gasteiger partial charge in [-0.05, 0) is 35.6 Å². The average molecular weight is 316 g/mol. The number of benzene rings is 1. The third kappa shape index (κ3) is 5.15. The van der Waals surface area contributed by atoms with Gasteiger partial charge in [-0.15, -0.1) is 23.7 Å². The Morgan fingerprint density at radius 1 is 1.16 bits per heavy atom. The van der Waals surface area contributed by atoms with Crippen molar-refractivity contribution < 1.29 is 0 Å². The van der Waals surface area contributed by atoms with Crippen LogP contribution in [0.15, 0.2) is 41.8 Å². The predicted molar refractivity (Wildman–Crippen MR) is 87.7 cm³/mol. The molecule has 104 valence electrons. The Bertz CT molecular complexity index is 465. The number of hydrogen-bond donors (Lipinski definition) is 1. The molecule has 0 spiro atoms. The van der Waals surface area contributed by atoms with Crippen LogP contribution in [0.2, 0.25) is 5.02 Å². The lowest BCUT2D eigenvalue weighted by molar-refractivity contribution is 0.480. The van der Waals surface area contributed by atoms with Gasteiger partial charge in [-0.3, -0.25) is 0 Å². The normalized spacial score (nSPS) is 12.2. The van der Waals surface area contributed by atoms with Crippen molar-refractivity contribution in [3.8, 4) is 0 Å². The summed E-state index contributed by atoms with van der Waals surface area (Å²) in [7, 11) is 0. The molecule has 4 heteroatoms. The number of nitrogens with one attached hydrogen (secondary N) is 1. The van der Waals surface area contributed by atoms with E-state index in [0.29, 0.717) is 12.1 Å². The Hall–Kier alpha value is -0.540. The molecule has 1 unspecified atom stereocenters. The molecule has 1 N–H and O–H groups in total. The van der Waals surface area contributed by atoms with Crippen molar-refractivity contribution in [2.24, 2.45) is 0 Å². The van der Waals surface area contributed by atoms with Crippen LogP contribution in [0.1, 0.15) is 30.3 Å². The van der Waals surface area contributed by atoms with E-state index in [2.05, 4.69) is 48.8 Å². The van der Waals surface area contributed by atoms with Crippen molar-refractivity contribution >= 4 is 35.3 Å². The molecule has 0 aliphatic rings. The SMILES string of the molecule is CC(C)NC(Cc1ccc(Cl)cc1)c1cccs1.Cl. The van der Waals surface area contributed by atoms with Crippen molar-refractivity contribution in [3.05, 3.63) is 57.2 Å². The largest absolute Gasteiger partial charge is 0.307 e. The maximum absolute atomic E-state index is 5.92. The summed E-state index contributed by atoms with van der Waals surface area (Å²) < 4.78 is 0. The minimum atomic E-state index is 0. The highest BCUT2D eigenvalue weighted by Gasteiger charge is 2.14. The first kappa shape index (κ1) is 16.5. The summed E-state index contributed by atoms with van der Waals surface area (Å²) in [6.45, 7) is 4.37. The molecule has 0 aliphatic carbocycles. The molecule has 1 atom stereocenters. The van der Waals surface area contributed by atoms with E-state index in [0.717, 1.165) is 11.4 Å². The lowest BCUT2D eigenvalue weighted by Crippen LogP contribution is -2.29.